The summed E-state index contributed by atoms with van der Waals surface area (Å²) in [6.07, 6.45) is 1.94. The first kappa shape index (κ1) is 12.0. The zero-order valence-corrected chi connectivity index (χ0v) is 10.9. The van der Waals surface area contributed by atoms with Gasteiger partial charge in [-0.3, -0.25) is 0 Å². The molecule has 0 aliphatic heterocycles. The Balaban J connectivity index is 2.74. The fourth-order valence-corrected chi connectivity index (χ4v) is 1.98. The maximum atomic E-state index is 5.75. The number of nitrogens with zero attached hydrogens (tertiary/aromatic N) is 2. The maximum Gasteiger partial charge on any atom is 0.141 e. The molecule has 0 spiro atoms. The van der Waals surface area contributed by atoms with Gasteiger partial charge in [-0.1, -0.05) is 27.7 Å². The molecular formula is C13H20N4. The van der Waals surface area contributed by atoms with Gasteiger partial charge in [-0.2, -0.15) is 0 Å². The van der Waals surface area contributed by atoms with Gasteiger partial charge in [-0.15, -0.1) is 0 Å². The Kier molecular flexibility index (Phi) is 3.15. The minimum Gasteiger partial charge on any atom is -0.346 e. The Hall–Kier alpha value is -1.42. The van der Waals surface area contributed by atoms with Crippen LogP contribution in [0.15, 0.2) is 6.20 Å². The van der Waals surface area contributed by atoms with Gasteiger partial charge in [0.15, 0.2) is 0 Å². The molecule has 4 nitrogen and oxygen atoms in total. The van der Waals surface area contributed by atoms with E-state index in [2.05, 4.69) is 37.7 Å². The van der Waals surface area contributed by atoms with Gasteiger partial charge < -0.3 is 10.7 Å². The summed E-state index contributed by atoms with van der Waals surface area (Å²) < 4.78 is 0. The summed E-state index contributed by atoms with van der Waals surface area (Å²) in [5.74, 6) is 1.60. The highest BCUT2D eigenvalue weighted by molar-refractivity contribution is 5.82. The lowest BCUT2D eigenvalue weighted by molar-refractivity contribution is 0.741. The average molecular weight is 232 g/mol. The van der Waals surface area contributed by atoms with Gasteiger partial charge in [-0.25, -0.2) is 9.97 Å². The van der Waals surface area contributed by atoms with Crippen molar-refractivity contribution in [1.29, 1.82) is 0 Å². The predicted octanol–water partition coefficient (Wildman–Crippen LogP) is 2.66. The minimum atomic E-state index is 0.335. The summed E-state index contributed by atoms with van der Waals surface area (Å²) in [4.78, 5) is 12.5. The highest BCUT2D eigenvalue weighted by atomic mass is 15.0. The normalized spacial score (nSPS) is 11.9. The Labute approximate surface area is 102 Å². The van der Waals surface area contributed by atoms with Gasteiger partial charge in [0.2, 0.25) is 0 Å². The molecule has 0 radical (unpaired) electrons. The molecule has 2 aromatic rings. The van der Waals surface area contributed by atoms with Crippen LogP contribution in [0.25, 0.3) is 11.0 Å². The Morgan fingerprint density at radius 1 is 1.18 bits per heavy atom. The van der Waals surface area contributed by atoms with E-state index in [1.54, 1.807) is 0 Å². The summed E-state index contributed by atoms with van der Waals surface area (Å²) >= 11 is 0. The van der Waals surface area contributed by atoms with E-state index in [1.807, 2.05) is 6.20 Å². The predicted molar refractivity (Wildman–Crippen MR) is 70.0 cm³/mol. The quantitative estimate of drug-likeness (QED) is 0.854. The van der Waals surface area contributed by atoms with Crippen molar-refractivity contribution in [2.24, 2.45) is 5.73 Å². The van der Waals surface area contributed by atoms with E-state index in [4.69, 9.17) is 10.7 Å². The molecule has 0 aliphatic carbocycles. The Bertz CT molecular complexity index is 525. The van der Waals surface area contributed by atoms with E-state index in [9.17, 15) is 0 Å². The van der Waals surface area contributed by atoms with Crippen LogP contribution in [0.1, 0.15) is 56.6 Å². The topological polar surface area (TPSA) is 67.6 Å². The van der Waals surface area contributed by atoms with Crippen molar-refractivity contribution in [3.8, 4) is 0 Å². The highest BCUT2D eigenvalue weighted by Crippen LogP contribution is 2.27. The number of hydrogen-bond donors (Lipinski definition) is 2. The van der Waals surface area contributed by atoms with Crippen LogP contribution in [0.3, 0.4) is 0 Å². The number of H-pyrrole nitrogens is 1. The summed E-state index contributed by atoms with van der Waals surface area (Å²) in [5, 5.41) is 1.10. The number of aromatic amines is 1. The highest BCUT2D eigenvalue weighted by Gasteiger charge is 2.16. The first-order valence-corrected chi connectivity index (χ1v) is 6.12. The second kappa shape index (κ2) is 4.45. The zero-order valence-electron chi connectivity index (χ0n) is 10.9. The van der Waals surface area contributed by atoms with Gasteiger partial charge in [0, 0.05) is 24.0 Å². The van der Waals surface area contributed by atoms with E-state index in [0.717, 1.165) is 28.1 Å². The van der Waals surface area contributed by atoms with E-state index < -0.39 is 0 Å². The van der Waals surface area contributed by atoms with Crippen molar-refractivity contribution >= 4 is 11.0 Å². The molecule has 3 N–H and O–H groups in total. The smallest absolute Gasteiger partial charge is 0.141 e. The number of rotatable bonds is 3. The summed E-state index contributed by atoms with van der Waals surface area (Å²) in [6, 6.07) is 0. The number of nitrogens with one attached hydrogen (secondary N) is 1. The molecule has 92 valence electrons. The second-order valence-corrected chi connectivity index (χ2v) is 5.02. The number of aromatic nitrogens is 3. The lowest BCUT2D eigenvalue weighted by atomic mass is 10.0. The van der Waals surface area contributed by atoms with Gasteiger partial charge in [-0.05, 0) is 11.5 Å². The van der Waals surface area contributed by atoms with E-state index in [0.29, 0.717) is 18.4 Å². The Morgan fingerprint density at radius 2 is 1.88 bits per heavy atom. The van der Waals surface area contributed by atoms with Crippen LogP contribution in [0.5, 0.6) is 0 Å². The minimum absolute atomic E-state index is 0.335. The van der Waals surface area contributed by atoms with Crippen molar-refractivity contribution in [3.05, 3.63) is 23.3 Å². The third-order valence-electron chi connectivity index (χ3n) is 2.94. The lowest BCUT2D eigenvalue weighted by Gasteiger charge is -2.11. The molecule has 0 aromatic carbocycles. The molecule has 2 aromatic heterocycles. The third-order valence-corrected chi connectivity index (χ3v) is 2.94. The van der Waals surface area contributed by atoms with Crippen molar-refractivity contribution < 1.29 is 0 Å². The van der Waals surface area contributed by atoms with Crippen LogP contribution in [-0.4, -0.2) is 15.0 Å². The average Bonchev–Trinajstić information content (AvgIpc) is 2.70. The van der Waals surface area contributed by atoms with Crippen LogP contribution in [0, 0.1) is 0 Å². The van der Waals surface area contributed by atoms with Crippen molar-refractivity contribution in [3.63, 3.8) is 0 Å². The van der Waals surface area contributed by atoms with Crippen LogP contribution in [0.2, 0.25) is 0 Å². The Morgan fingerprint density at radius 3 is 2.41 bits per heavy atom. The molecule has 17 heavy (non-hydrogen) atoms. The van der Waals surface area contributed by atoms with E-state index in [-0.39, 0.29) is 0 Å². The SMILES string of the molecule is CC(C)c1nc(C(C)C)c2c(CN)c[nH]c2n1. The standard InChI is InChI=1S/C13H20N4/c1-7(2)11-10-9(5-14)6-15-13(10)17-12(16-11)8(3)4/h6-8H,5,14H2,1-4H3,(H,15,16,17). The molecule has 0 saturated carbocycles. The molecule has 0 bridgehead atoms. The summed E-state index contributed by atoms with van der Waals surface area (Å²) in [5.41, 5.74) is 8.86. The third kappa shape index (κ3) is 2.05. The van der Waals surface area contributed by atoms with Crippen LogP contribution in [0.4, 0.5) is 0 Å². The first-order chi connectivity index (χ1) is 8.04. The molecule has 0 amide bonds. The molecule has 4 heteroatoms. The maximum absolute atomic E-state index is 5.75. The fourth-order valence-electron chi connectivity index (χ4n) is 1.98. The molecule has 0 saturated heterocycles. The van der Waals surface area contributed by atoms with Crippen molar-refractivity contribution in [2.45, 2.75) is 46.1 Å². The second-order valence-electron chi connectivity index (χ2n) is 5.02. The van der Waals surface area contributed by atoms with E-state index >= 15 is 0 Å². The zero-order chi connectivity index (χ0) is 12.6. The van der Waals surface area contributed by atoms with Crippen LogP contribution >= 0.6 is 0 Å². The van der Waals surface area contributed by atoms with E-state index in [1.165, 1.54) is 0 Å². The number of hydrogen-bond acceptors (Lipinski definition) is 3. The molecule has 0 fully saturated rings. The molecule has 0 unspecified atom stereocenters. The van der Waals surface area contributed by atoms with Gasteiger partial charge in [0.25, 0.3) is 0 Å². The molecule has 0 atom stereocenters. The largest absolute Gasteiger partial charge is 0.346 e. The summed E-state index contributed by atoms with van der Waals surface area (Å²) in [6.45, 7) is 9.04. The molecular weight excluding hydrogens is 212 g/mol. The van der Waals surface area contributed by atoms with Crippen molar-refractivity contribution in [2.75, 3.05) is 0 Å². The first-order valence-electron chi connectivity index (χ1n) is 6.12. The van der Waals surface area contributed by atoms with Gasteiger partial charge >= 0.3 is 0 Å². The van der Waals surface area contributed by atoms with Crippen LogP contribution < -0.4 is 5.73 Å². The molecule has 2 rings (SSSR count). The van der Waals surface area contributed by atoms with Crippen LogP contribution in [-0.2, 0) is 6.54 Å². The lowest BCUT2D eigenvalue weighted by Crippen LogP contribution is -2.05. The van der Waals surface area contributed by atoms with Gasteiger partial charge in [0.1, 0.15) is 11.5 Å². The van der Waals surface area contributed by atoms with Crippen molar-refractivity contribution in [1.82, 2.24) is 15.0 Å². The molecule has 0 aliphatic rings. The molecule has 2 heterocycles. The van der Waals surface area contributed by atoms with Gasteiger partial charge in [0.05, 0.1) is 5.69 Å². The fraction of sp³-hybridized carbons (Fsp3) is 0.538. The summed E-state index contributed by atoms with van der Waals surface area (Å²) in [7, 11) is 0. The number of fused-ring (bicyclic) bond motifs is 1. The monoisotopic (exact) mass is 232 g/mol. The number of nitrogens with two attached hydrogens (primary N) is 1.